The van der Waals surface area contributed by atoms with E-state index in [2.05, 4.69) is 39.9 Å². The van der Waals surface area contributed by atoms with Gasteiger partial charge in [0, 0.05) is 12.0 Å². The van der Waals surface area contributed by atoms with Crippen molar-refractivity contribution in [2.45, 2.75) is 123 Å². The Hall–Kier alpha value is -0.160. The molecule has 35 heavy (non-hydrogen) atoms. The van der Waals surface area contributed by atoms with Gasteiger partial charge in [0.2, 0.25) is 0 Å². The first-order valence-corrected chi connectivity index (χ1v) is 15.2. The predicted molar refractivity (Wildman–Crippen MR) is 138 cm³/mol. The Balaban J connectivity index is 1.18. The molecule has 7 fully saturated rings. The molecule has 3 N–H and O–H groups in total. The lowest BCUT2D eigenvalue weighted by Gasteiger charge is -2.63. The standard InChI is InChI=1S/C31H51NO3/c1-18-14-20(16-32-15-19-6-7-19)35-25-24(18)28(4)12-13-31-17-30(31)11-10-23(33)27(2,3)21(30)8-9-22(31)29(28,5)26(25)34/h18-26,32-34H,6-17H2,1-5H3. The molecule has 0 aromatic carbocycles. The first-order valence-electron chi connectivity index (χ1n) is 15.2. The van der Waals surface area contributed by atoms with Crippen molar-refractivity contribution in [3.05, 3.63) is 0 Å². The quantitative estimate of drug-likeness (QED) is 0.515. The van der Waals surface area contributed by atoms with Gasteiger partial charge in [0.25, 0.3) is 0 Å². The molecule has 0 amide bonds. The van der Waals surface area contributed by atoms with E-state index in [0.29, 0.717) is 34.5 Å². The van der Waals surface area contributed by atoms with Crippen LogP contribution in [0.5, 0.6) is 0 Å². The van der Waals surface area contributed by atoms with Crippen LogP contribution in [0.1, 0.15) is 98.8 Å². The molecule has 12 atom stereocenters. The summed E-state index contributed by atoms with van der Waals surface area (Å²) in [6, 6.07) is 0. The Bertz CT molecular complexity index is 886. The van der Waals surface area contributed by atoms with Gasteiger partial charge in [-0.25, -0.2) is 0 Å². The smallest absolute Gasteiger partial charge is 0.0880 e. The Morgan fingerprint density at radius 3 is 2.31 bits per heavy atom. The highest BCUT2D eigenvalue weighted by Crippen LogP contribution is 2.89. The average molecular weight is 486 g/mol. The maximum absolute atomic E-state index is 12.2. The van der Waals surface area contributed by atoms with Crippen LogP contribution in [-0.2, 0) is 4.74 Å². The van der Waals surface area contributed by atoms with E-state index < -0.39 is 0 Å². The largest absolute Gasteiger partial charge is 0.393 e. The van der Waals surface area contributed by atoms with E-state index in [0.717, 1.165) is 31.8 Å². The summed E-state index contributed by atoms with van der Waals surface area (Å²) < 4.78 is 6.85. The SMILES string of the molecule is CC1CC(CNCC2CC2)OC2C1C1(C)CCC34CC35CCC(O)C(C)(C)C5CCC4C1(C)C2O. The van der Waals surface area contributed by atoms with Gasteiger partial charge in [-0.05, 0) is 122 Å². The number of hydrogen-bond acceptors (Lipinski definition) is 4. The number of hydrogen-bond donors (Lipinski definition) is 3. The van der Waals surface area contributed by atoms with E-state index in [1.54, 1.807) is 0 Å². The molecule has 0 aromatic rings. The molecular formula is C31H51NO3. The second-order valence-electron chi connectivity index (χ2n) is 15.8. The van der Waals surface area contributed by atoms with Crippen LogP contribution in [-0.4, -0.2) is 47.7 Å². The minimum Gasteiger partial charge on any atom is -0.393 e. The zero-order chi connectivity index (χ0) is 24.6. The van der Waals surface area contributed by atoms with Crippen LogP contribution in [0.15, 0.2) is 0 Å². The molecule has 4 heteroatoms. The minimum absolute atomic E-state index is 0.00586. The molecule has 1 heterocycles. The van der Waals surface area contributed by atoms with Gasteiger partial charge in [0.1, 0.15) is 0 Å². The van der Waals surface area contributed by atoms with Crippen LogP contribution < -0.4 is 5.32 Å². The van der Waals surface area contributed by atoms with Crippen molar-refractivity contribution in [2.75, 3.05) is 13.1 Å². The van der Waals surface area contributed by atoms with E-state index in [1.165, 1.54) is 51.4 Å². The highest BCUT2D eigenvalue weighted by molar-refractivity contribution is 5.32. The normalized spacial score (nSPS) is 60.1. The molecule has 1 aliphatic heterocycles. The van der Waals surface area contributed by atoms with Gasteiger partial charge in [0.05, 0.1) is 24.4 Å². The van der Waals surface area contributed by atoms with Crippen molar-refractivity contribution >= 4 is 0 Å². The van der Waals surface area contributed by atoms with Gasteiger partial charge in [0.15, 0.2) is 0 Å². The molecule has 4 nitrogen and oxygen atoms in total. The molecule has 1 saturated heterocycles. The lowest BCUT2D eigenvalue weighted by molar-refractivity contribution is -0.182. The zero-order valence-electron chi connectivity index (χ0n) is 23.0. The van der Waals surface area contributed by atoms with Crippen LogP contribution in [0, 0.1) is 56.7 Å². The molecule has 12 unspecified atom stereocenters. The summed E-state index contributed by atoms with van der Waals surface area (Å²) in [5.41, 5.74) is 0.913. The Labute approximate surface area is 213 Å². The fraction of sp³-hybridized carbons (Fsp3) is 1.00. The van der Waals surface area contributed by atoms with E-state index >= 15 is 0 Å². The van der Waals surface area contributed by atoms with Gasteiger partial charge >= 0.3 is 0 Å². The third-order valence-corrected chi connectivity index (χ3v) is 14.4. The summed E-state index contributed by atoms with van der Waals surface area (Å²) in [4.78, 5) is 0. The molecule has 6 saturated carbocycles. The number of rotatable bonds is 4. The van der Waals surface area contributed by atoms with Crippen molar-refractivity contribution < 1.29 is 14.9 Å². The Morgan fingerprint density at radius 2 is 1.57 bits per heavy atom. The maximum Gasteiger partial charge on any atom is 0.0880 e. The number of aliphatic hydroxyl groups excluding tert-OH is 2. The highest BCUT2D eigenvalue weighted by Gasteiger charge is 2.84. The predicted octanol–water partition coefficient (Wildman–Crippen LogP) is 5.16. The summed E-state index contributed by atoms with van der Waals surface area (Å²) in [5.74, 6) is 3.20. The molecule has 6 aliphatic carbocycles. The van der Waals surface area contributed by atoms with E-state index in [1.807, 2.05) is 0 Å². The van der Waals surface area contributed by atoms with E-state index in [-0.39, 0.29) is 40.7 Å². The molecule has 0 radical (unpaired) electrons. The van der Waals surface area contributed by atoms with Gasteiger partial charge in [-0.2, -0.15) is 0 Å². The van der Waals surface area contributed by atoms with Gasteiger partial charge in [-0.15, -0.1) is 0 Å². The summed E-state index contributed by atoms with van der Waals surface area (Å²) >= 11 is 0. The third-order valence-electron chi connectivity index (χ3n) is 14.4. The number of aliphatic hydroxyl groups is 2. The highest BCUT2D eigenvalue weighted by atomic mass is 16.5. The molecular weight excluding hydrogens is 434 g/mol. The van der Waals surface area contributed by atoms with Crippen molar-refractivity contribution in [2.24, 2.45) is 56.7 Å². The molecule has 7 rings (SSSR count). The molecule has 0 aromatic heterocycles. The first kappa shape index (κ1) is 23.9. The van der Waals surface area contributed by atoms with Crippen LogP contribution in [0.3, 0.4) is 0 Å². The average Bonchev–Trinajstić information content (AvgIpc) is 3.71. The Morgan fingerprint density at radius 1 is 0.857 bits per heavy atom. The summed E-state index contributed by atoms with van der Waals surface area (Å²) in [5, 5.41) is 26.8. The third kappa shape index (κ3) is 2.79. The lowest BCUT2D eigenvalue weighted by atomic mass is 9.41. The monoisotopic (exact) mass is 485 g/mol. The summed E-state index contributed by atoms with van der Waals surface area (Å²) in [6.45, 7) is 14.3. The van der Waals surface area contributed by atoms with Crippen LogP contribution in [0.25, 0.3) is 0 Å². The molecule has 0 bridgehead atoms. The van der Waals surface area contributed by atoms with Gasteiger partial charge in [-0.1, -0.05) is 34.6 Å². The molecule has 198 valence electrons. The van der Waals surface area contributed by atoms with Crippen LogP contribution in [0.2, 0.25) is 0 Å². The fourth-order valence-corrected chi connectivity index (χ4v) is 12.3. The molecule has 7 aliphatic rings. The topological polar surface area (TPSA) is 61.7 Å². The van der Waals surface area contributed by atoms with Crippen molar-refractivity contribution in [3.63, 3.8) is 0 Å². The van der Waals surface area contributed by atoms with Crippen molar-refractivity contribution in [1.82, 2.24) is 5.32 Å². The molecule has 2 spiro atoms. The summed E-state index contributed by atoms with van der Waals surface area (Å²) in [6.07, 6.45) is 12.2. The summed E-state index contributed by atoms with van der Waals surface area (Å²) in [7, 11) is 0. The van der Waals surface area contributed by atoms with Crippen LogP contribution >= 0.6 is 0 Å². The fourth-order valence-electron chi connectivity index (χ4n) is 12.3. The number of nitrogens with one attached hydrogen (secondary N) is 1. The number of fused-ring (bicyclic) bond motifs is 4. The Kier molecular flexibility index (Phi) is 4.97. The second-order valence-corrected chi connectivity index (χ2v) is 15.8. The first-order chi connectivity index (χ1) is 16.5. The van der Waals surface area contributed by atoms with Gasteiger partial charge < -0.3 is 20.3 Å². The maximum atomic E-state index is 12.2. The minimum atomic E-state index is -0.357. The van der Waals surface area contributed by atoms with Crippen molar-refractivity contribution in [1.29, 1.82) is 0 Å². The second kappa shape index (κ2) is 7.27. The van der Waals surface area contributed by atoms with Gasteiger partial charge in [-0.3, -0.25) is 0 Å². The van der Waals surface area contributed by atoms with Crippen LogP contribution in [0.4, 0.5) is 0 Å². The van der Waals surface area contributed by atoms with E-state index in [9.17, 15) is 10.2 Å². The van der Waals surface area contributed by atoms with Crippen molar-refractivity contribution in [3.8, 4) is 0 Å². The van der Waals surface area contributed by atoms with E-state index in [4.69, 9.17) is 4.74 Å². The lowest BCUT2D eigenvalue weighted by Crippen LogP contribution is -2.59. The number of ether oxygens (including phenoxy) is 1. The zero-order valence-corrected chi connectivity index (χ0v) is 23.0.